The zero-order valence-electron chi connectivity index (χ0n) is 9.22. The molecule has 2 heterocycles. The molecule has 0 bridgehead atoms. The Hall–Kier alpha value is -1.07. The van der Waals surface area contributed by atoms with E-state index in [4.69, 9.17) is 11.6 Å². The van der Waals surface area contributed by atoms with Crippen molar-refractivity contribution in [3.05, 3.63) is 27.9 Å². The van der Waals surface area contributed by atoms with Crippen molar-refractivity contribution >= 4 is 28.6 Å². The summed E-state index contributed by atoms with van der Waals surface area (Å²) >= 11 is 7.38. The maximum atomic E-state index is 5.86. The Morgan fingerprint density at radius 2 is 2.31 bits per heavy atom. The zero-order chi connectivity index (χ0) is 11.5. The van der Waals surface area contributed by atoms with Crippen LogP contribution in [-0.2, 0) is 13.6 Å². The normalized spacial score (nSPS) is 10.7. The lowest BCUT2D eigenvalue weighted by molar-refractivity contribution is 0.766. The predicted molar refractivity (Wildman–Crippen MR) is 67.1 cm³/mol. The van der Waals surface area contributed by atoms with Crippen molar-refractivity contribution in [3.63, 3.8) is 0 Å². The summed E-state index contributed by atoms with van der Waals surface area (Å²) in [5, 5.41) is 5.19. The van der Waals surface area contributed by atoms with Gasteiger partial charge in [-0.3, -0.25) is 4.68 Å². The molecule has 0 aliphatic heterocycles. The second kappa shape index (κ2) is 4.84. The molecule has 0 unspecified atom stereocenters. The van der Waals surface area contributed by atoms with E-state index in [2.05, 4.69) is 21.9 Å². The summed E-state index contributed by atoms with van der Waals surface area (Å²) in [5.41, 5.74) is 1.11. The maximum Gasteiger partial charge on any atom is 0.113 e. The zero-order valence-corrected chi connectivity index (χ0v) is 10.8. The van der Waals surface area contributed by atoms with E-state index in [1.165, 1.54) is 11.3 Å². The van der Waals surface area contributed by atoms with Crippen LogP contribution in [0.15, 0.2) is 18.6 Å². The predicted octanol–water partition coefficient (Wildman–Crippen LogP) is 2.56. The molecule has 0 radical (unpaired) electrons. The fraction of sp³-hybridized carbons (Fsp3) is 0.400. The summed E-state index contributed by atoms with van der Waals surface area (Å²) in [6.45, 7) is 3.81. The van der Waals surface area contributed by atoms with E-state index in [1.54, 1.807) is 10.9 Å². The average Bonchev–Trinajstić information content (AvgIpc) is 2.84. The summed E-state index contributed by atoms with van der Waals surface area (Å²) in [6, 6.07) is 0. The van der Waals surface area contributed by atoms with Crippen molar-refractivity contribution in [1.82, 2.24) is 14.8 Å². The van der Waals surface area contributed by atoms with Gasteiger partial charge in [-0.25, -0.2) is 4.98 Å². The minimum Gasteiger partial charge on any atom is -0.363 e. The van der Waals surface area contributed by atoms with Crippen LogP contribution in [0.2, 0.25) is 4.34 Å². The average molecular weight is 257 g/mol. The first kappa shape index (κ1) is 11.4. The van der Waals surface area contributed by atoms with Gasteiger partial charge in [0.25, 0.3) is 0 Å². The molecule has 0 fully saturated rings. The number of aromatic nitrogens is 3. The van der Waals surface area contributed by atoms with E-state index in [-0.39, 0.29) is 0 Å². The largest absolute Gasteiger partial charge is 0.363 e. The van der Waals surface area contributed by atoms with Gasteiger partial charge in [0.2, 0.25) is 0 Å². The molecule has 0 amide bonds. The molecule has 86 valence electrons. The molecule has 4 nitrogen and oxygen atoms in total. The third-order valence-electron chi connectivity index (χ3n) is 2.29. The number of anilines is 1. The summed E-state index contributed by atoms with van der Waals surface area (Å²) in [6.07, 6.45) is 5.55. The lowest BCUT2D eigenvalue weighted by Gasteiger charge is -2.19. The molecule has 0 aliphatic rings. The Labute approximate surface area is 103 Å². The van der Waals surface area contributed by atoms with Crippen molar-refractivity contribution in [2.24, 2.45) is 7.05 Å². The lowest BCUT2D eigenvalue weighted by Crippen LogP contribution is -2.21. The highest BCUT2D eigenvalue weighted by Crippen LogP contribution is 2.22. The molecule has 2 aromatic heterocycles. The molecule has 0 atom stereocenters. The molecule has 0 spiro atoms. The minimum atomic E-state index is 0.734. The van der Waals surface area contributed by atoms with Crippen LogP contribution in [0.1, 0.15) is 11.9 Å². The van der Waals surface area contributed by atoms with Crippen LogP contribution in [0.5, 0.6) is 0 Å². The second-order valence-corrected chi connectivity index (χ2v) is 5.19. The second-order valence-electron chi connectivity index (χ2n) is 3.44. The first-order chi connectivity index (χ1) is 7.69. The number of hydrogen-bond donors (Lipinski definition) is 0. The van der Waals surface area contributed by atoms with Crippen molar-refractivity contribution < 1.29 is 0 Å². The molecule has 6 heteroatoms. The van der Waals surface area contributed by atoms with Crippen LogP contribution in [0.25, 0.3) is 0 Å². The molecule has 0 saturated carbocycles. The van der Waals surface area contributed by atoms with Gasteiger partial charge in [-0.05, 0) is 6.92 Å². The van der Waals surface area contributed by atoms with Crippen molar-refractivity contribution in [3.8, 4) is 0 Å². The molecule has 2 rings (SSSR count). The third kappa shape index (κ3) is 2.54. The molecular formula is C10H13ClN4S. The van der Waals surface area contributed by atoms with E-state index in [1.807, 2.05) is 19.4 Å². The van der Waals surface area contributed by atoms with Gasteiger partial charge >= 0.3 is 0 Å². The Bertz CT molecular complexity index is 465. The van der Waals surface area contributed by atoms with Gasteiger partial charge in [-0.1, -0.05) is 11.6 Å². The fourth-order valence-corrected chi connectivity index (χ4v) is 2.45. The molecule has 0 aliphatic carbocycles. The molecule has 0 N–H and O–H groups in total. The summed E-state index contributed by atoms with van der Waals surface area (Å²) < 4.78 is 2.53. The van der Waals surface area contributed by atoms with Crippen LogP contribution in [0, 0.1) is 0 Å². The highest BCUT2D eigenvalue weighted by atomic mass is 35.5. The molecule has 16 heavy (non-hydrogen) atoms. The summed E-state index contributed by atoms with van der Waals surface area (Å²) in [5.74, 6) is 0. The van der Waals surface area contributed by atoms with E-state index < -0.39 is 0 Å². The van der Waals surface area contributed by atoms with Crippen molar-refractivity contribution in [2.75, 3.05) is 11.4 Å². The van der Waals surface area contributed by atoms with Crippen molar-refractivity contribution in [1.29, 1.82) is 0 Å². The number of nitrogens with zero attached hydrogens (tertiary/aromatic N) is 4. The van der Waals surface area contributed by atoms with E-state index >= 15 is 0 Å². The monoisotopic (exact) mass is 256 g/mol. The standard InChI is InChI=1S/C10H13ClN4S/c1-3-15(8-4-13-14(2)6-8)7-10-12-5-9(11)16-10/h4-6H,3,7H2,1-2H3. The fourth-order valence-electron chi connectivity index (χ4n) is 1.48. The van der Waals surface area contributed by atoms with Gasteiger partial charge in [0.15, 0.2) is 0 Å². The van der Waals surface area contributed by atoms with Gasteiger partial charge in [-0.15, -0.1) is 11.3 Å². The summed E-state index contributed by atoms with van der Waals surface area (Å²) in [4.78, 5) is 6.46. The van der Waals surface area contributed by atoms with Crippen LogP contribution in [0.4, 0.5) is 5.69 Å². The lowest BCUT2D eigenvalue weighted by atomic mass is 10.4. The van der Waals surface area contributed by atoms with Gasteiger partial charge in [0.1, 0.15) is 9.34 Å². The Balaban J connectivity index is 2.12. The first-order valence-electron chi connectivity index (χ1n) is 5.03. The van der Waals surface area contributed by atoms with E-state index in [0.29, 0.717) is 0 Å². The van der Waals surface area contributed by atoms with Gasteiger partial charge < -0.3 is 4.90 Å². The molecule has 0 saturated heterocycles. The maximum absolute atomic E-state index is 5.86. The SMILES string of the molecule is CCN(Cc1ncc(Cl)s1)c1cnn(C)c1. The van der Waals surface area contributed by atoms with Crippen LogP contribution >= 0.6 is 22.9 Å². The van der Waals surface area contributed by atoms with E-state index in [0.717, 1.165) is 28.1 Å². The van der Waals surface area contributed by atoms with Gasteiger partial charge in [0.05, 0.1) is 24.6 Å². The molecule has 2 aromatic rings. The van der Waals surface area contributed by atoms with Gasteiger partial charge in [-0.2, -0.15) is 5.10 Å². The van der Waals surface area contributed by atoms with E-state index in [9.17, 15) is 0 Å². The number of aryl methyl sites for hydroxylation is 1. The minimum absolute atomic E-state index is 0.734. The van der Waals surface area contributed by atoms with Crippen LogP contribution < -0.4 is 4.90 Å². The Morgan fingerprint density at radius 1 is 1.50 bits per heavy atom. The number of halogens is 1. The topological polar surface area (TPSA) is 34.0 Å². The Kier molecular flexibility index (Phi) is 3.46. The number of thiazole rings is 1. The highest BCUT2D eigenvalue weighted by Gasteiger charge is 2.09. The molecular weight excluding hydrogens is 244 g/mol. The smallest absolute Gasteiger partial charge is 0.113 e. The number of rotatable bonds is 4. The summed E-state index contributed by atoms with van der Waals surface area (Å²) in [7, 11) is 1.91. The van der Waals surface area contributed by atoms with Crippen LogP contribution in [-0.4, -0.2) is 21.3 Å². The highest BCUT2D eigenvalue weighted by molar-refractivity contribution is 7.15. The quantitative estimate of drug-likeness (QED) is 0.843. The Morgan fingerprint density at radius 3 is 2.81 bits per heavy atom. The third-order valence-corrected chi connectivity index (χ3v) is 3.39. The first-order valence-corrected chi connectivity index (χ1v) is 6.22. The van der Waals surface area contributed by atoms with Gasteiger partial charge in [0, 0.05) is 19.8 Å². The van der Waals surface area contributed by atoms with Crippen molar-refractivity contribution in [2.45, 2.75) is 13.5 Å². The number of hydrogen-bond acceptors (Lipinski definition) is 4. The molecule has 0 aromatic carbocycles. The van der Waals surface area contributed by atoms with Crippen LogP contribution in [0.3, 0.4) is 0 Å².